The largest absolute Gasteiger partial charge is 0.490 e. The van der Waals surface area contributed by atoms with Gasteiger partial charge < -0.3 is 20.1 Å². The fourth-order valence-electron chi connectivity index (χ4n) is 3.05. The molecule has 30 heavy (non-hydrogen) atoms. The number of amides is 1. The van der Waals surface area contributed by atoms with Crippen molar-refractivity contribution in [2.45, 2.75) is 27.3 Å². The van der Waals surface area contributed by atoms with Crippen LogP contribution >= 0.6 is 0 Å². The van der Waals surface area contributed by atoms with Gasteiger partial charge >= 0.3 is 0 Å². The maximum atomic E-state index is 12.2. The zero-order valence-electron chi connectivity index (χ0n) is 17.7. The molecule has 3 aromatic rings. The lowest BCUT2D eigenvalue weighted by Gasteiger charge is -2.15. The van der Waals surface area contributed by atoms with Crippen LogP contribution in [0.1, 0.15) is 23.6 Å². The van der Waals surface area contributed by atoms with Gasteiger partial charge in [-0.25, -0.2) is 0 Å². The Bertz CT molecular complexity index is 987. The average Bonchev–Trinajstić information content (AvgIpc) is 2.75. The summed E-state index contributed by atoms with van der Waals surface area (Å²) in [6, 6.07) is 21.3. The SMILES string of the molecule is CCOc1cc(CNc2cccc(C)c2C)ccc1OCC(=O)Nc1ccccc1. The Hall–Kier alpha value is -3.47. The molecule has 0 aliphatic heterocycles. The van der Waals surface area contributed by atoms with Gasteiger partial charge in [-0.3, -0.25) is 4.79 Å². The molecular weight excluding hydrogens is 376 g/mol. The highest BCUT2D eigenvalue weighted by Gasteiger charge is 2.10. The molecule has 0 aliphatic rings. The highest BCUT2D eigenvalue weighted by molar-refractivity contribution is 5.91. The molecule has 0 fully saturated rings. The number of benzene rings is 3. The predicted octanol–water partition coefficient (Wildman–Crippen LogP) is 5.33. The lowest BCUT2D eigenvalue weighted by molar-refractivity contribution is -0.118. The molecule has 0 radical (unpaired) electrons. The van der Waals surface area contributed by atoms with Gasteiger partial charge in [-0.2, -0.15) is 0 Å². The number of aryl methyl sites for hydroxylation is 1. The Balaban J connectivity index is 1.62. The molecule has 0 spiro atoms. The van der Waals surface area contributed by atoms with Gasteiger partial charge in [-0.1, -0.05) is 36.4 Å². The van der Waals surface area contributed by atoms with Crippen LogP contribution in [0.4, 0.5) is 11.4 Å². The summed E-state index contributed by atoms with van der Waals surface area (Å²) in [7, 11) is 0. The Morgan fingerprint density at radius 3 is 2.47 bits per heavy atom. The number of rotatable bonds is 9. The van der Waals surface area contributed by atoms with Gasteiger partial charge in [-0.15, -0.1) is 0 Å². The van der Waals surface area contributed by atoms with Crippen molar-refractivity contribution in [1.82, 2.24) is 0 Å². The van der Waals surface area contributed by atoms with Crippen molar-refractivity contribution in [3.05, 3.63) is 83.4 Å². The number of carbonyl (C=O) groups excluding carboxylic acids is 1. The number of para-hydroxylation sites is 1. The lowest BCUT2D eigenvalue weighted by Crippen LogP contribution is -2.20. The second-order valence-electron chi connectivity index (χ2n) is 7.02. The summed E-state index contributed by atoms with van der Waals surface area (Å²) in [5, 5.41) is 6.28. The van der Waals surface area contributed by atoms with Crippen LogP contribution in [-0.4, -0.2) is 19.1 Å². The van der Waals surface area contributed by atoms with E-state index in [1.807, 2.05) is 61.5 Å². The molecule has 5 heteroatoms. The third-order valence-corrected chi connectivity index (χ3v) is 4.81. The Labute approximate surface area is 178 Å². The molecule has 1 amide bonds. The number of carbonyl (C=O) groups is 1. The highest BCUT2D eigenvalue weighted by atomic mass is 16.5. The first-order valence-electron chi connectivity index (χ1n) is 10.1. The van der Waals surface area contributed by atoms with Crippen molar-refractivity contribution in [1.29, 1.82) is 0 Å². The summed E-state index contributed by atoms with van der Waals surface area (Å²) < 4.78 is 11.5. The van der Waals surface area contributed by atoms with Crippen LogP contribution in [0.25, 0.3) is 0 Å². The van der Waals surface area contributed by atoms with E-state index in [1.54, 1.807) is 0 Å². The molecule has 0 saturated carbocycles. The molecule has 156 valence electrons. The van der Waals surface area contributed by atoms with Crippen molar-refractivity contribution in [2.75, 3.05) is 23.8 Å². The van der Waals surface area contributed by atoms with Gasteiger partial charge in [0.15, 0.2) is 18.1 Å². The van der Waals surface area contributed by atoms with E-state index in [4.69, 9.17) is 9.47 Å². The van der Waals surface area contributed by atoms with Crippen LogP contribution in [0.2, 0.25) is 0 Å². The van der Waals surface area contributed by atoms with E-state index < -0.39 is 0 Å². The van der Waals surface area contributed by atoms with E-state index in [0.29, 0.717) is 24.7 Å². The molecule has 5 nitrogen and oxygen atoms in total. The molecule has 3 aromatic carbocycles. The molecule has 0 bridgehead atoms. The summed E-state index contributed by atoms with van der Waals surface area (Å²) in [6.07, 6.45) is 0. The van der Waals surface area contributed by atoms with Crippen molar-refractivity contribution >= 4 is 17.3 Å². The fourth-order valence-corrected chi connectivity index (χ4v) is 3.05. The van der Waals surface area contributed by atoms with Gasteiger partial charge in [0.2, 0.25) is 0 Å². The van der Waals surface area contributed by atoms with E-state index >= 15 is 0 Å². The molecule has 0 unspecified atom stereocenters. The first-order valence-corrected chi connectivity index (χ1v) is 10.1. The molecule has 0 saturated heterocycles. The maximum absolute atomic E-state index is 12.2. The molecule has 3 rings (SSSR count). The molecule has 0 heterocycles. The minimum Gasteiger partial charge on any atom is -0.490 e. The predicted molar refractivity (Wildman–Crippen MR) is 121 cm³/mol. The third-order valence-electron chi connectivity index (χ3n) is 4.81. The standard InChI is InChI=1S/C25H28N2O3/c1-4-29-24-15-20(16-26-22-12-8-9-18(2)19(22)3)13-14-23(24)30-17-25(28)27-21-10-6-5-7-11-21/h5-15,26H,4,16-17H2,1-3H3,(H,27,28). The van der Waals surface area contributed by atoms with E-state index in [9.17, 15) is 4.79 Å². The monoisotopic (exact) mass is 404 g/mol. The van der Waals surface area contributed by atoms with Gasteiger partial charge in [0.1, 0.15) is 0 Å². The van der Waals surface area contributed by atoms with Crippen LogP contribution in [-0.2, 0) is 11.3 Å². The molecule has 2 N–H and O–H groups in total. The Morgan fingerprint density at radius 1 is 0.900 bits per heavy atom. The molecule has 0 aliphatic carbocycles. The van der Waals surface area contributed by atoms with Gasteiger partial charge in [-0.05, 0) is 67.8 Å². The average molecular weight is 405 g/mol. The number of ether oxygens (including phenoxy) is 2. The molecule has 0 atom stereocenters. The summed E-state index contributed by atoms with van der Waals surface area (Å²) in [5.74, 6) is 0.963. The fraction of sp³-hybridized carbons (Fsp3) is 0.240. The number of hydrogen-bond acceptors (Lipinski definition) is 4. The molecule has 0 aromatic heterocycles. The number of nitrogens with one attached hydrogen (secondary N) is 2. The van der Waals surface area contributed by atoms with Crippen LogP contribution in [0, 0.1) is 13.8 Å². The summed E-state index contributed by atoms with van der Waals surface area (Å²) in [6.45, 7) is 7.23. The van der Waals surface area contributed by atoms with E-state index in [0.717, 1.165) is 16.9 Å². The summed E-state index contributed by atoms with van der Waals surface area (Å²) in [4.78, 5) is 12.2. The summed E-state index contributed by atoms with van der Waals surface area (Å²) in [5.41, 5.74) is 5.43. The van der Waals surface area contributed by atoms with Crippen molar-refractivity contribution in [2.24, 2.45) is 0 Å². The van der Waals surface area contributed by atoms with Crippen molar-refractivity contribution < 1.29 is 14.3 Å². The lowest BCUT2D eigenvalue weighted by atomic mass is 10.1. The second-order valence-corrected chi connectivity index (χ2v) is 7.02. The van der Waals surface area contributed by atoms with Crippen LogP contribution in [0.15, 0.2) is 66.7 Å². The first-order chi connectivity index (χ1) is 14.6. The van der Waals surface area contributed by atoms with E-state index in [2.05, 4.69) is 36.6 Å². The third kappa shape index (κ3) is 5.77. The quantitative estimate of drug-likeness (QED) is 0.506. The van der Waals surface area contributed by atoms with Crippen LogP contribution in [0.5, 0.6) is 11.5 Å². The van der Waals surface area contributed by atoms with Crippen LogP contribution in [0.3, 0.4) is 0 Å². The minimum atomic E-state index is -0.218. The van der Waals surface area contributed by atoms with Crippen molar-refractivity contribution in [3.63, 3.8) is 0 Å². The number of hydrogen-bond donors (Lipinski definition) is 2. The molecular formula is C25H28N2O3. The first kappa shape index (κ1) is 21.2. The smallest absolute Gasteiger partial charge is 0.262 e. The zero-order chi connectivity index (χ0) is 21.3. The van der Waals surface area contributed by atoms with Gasteiger partial charge in [0, 0.05) is 17.9 Å². The highest BCUT2D eigenvalue weighted by Crippen LogP contribution is 2.29. The Kier molecular flexibility index (Phi) is 7.33. The normalized spacial score (nSPS) is 10.4. The van der Waals surface area contributed by atoms with Crippen molar-refractivity contribution in [3.8, 4) is 11.5 Å². The van der Waals surface area contributed by atoms with E-state index in [-0.39, 0.29) is 12.5 Å². The topological polar surface area (TPSA) is 59.6 Å². The van der Waals surface area contributed by atoms with Gasteiger partial charge in [0.05, 0.1) is 6.61 Å². The maximum Gasteiger partial charge on any atom is 0.262 e. The van der Waals surface area contributed by atoms with Crippen LogP contribution < -0.4 is 20.1 Å². The van der Waals surface area contributed by atoms with Gasteiger partial charge in [0.25, 0.3) is 5.91 Å². The second kappa shape index (κ2) is 10.3. The summed E-state index contributed by atoms with van der Waals surface area (Å²) >= 11 is 0. The number of anilines is 2. The minimum absolute atomic E-state index is 0.0882. The zero-order valence-corrected chi connectivity index (χ0v) is 17.7. The van der Waals surface area contributed by atoms with E-state index in [1.165, 1.54) is 11.1 Å². The Morgan fingerprint density at radius 2 is 1.70 bits per heavy atom.